The Morgan fingerprint density at radius 1 is 0.744 bits per heavy atom. The van der Waals surface area contributed by atoms with Crippen molar-refractivity contribution in [2.24, 2.45) is 0 Å². The maximum absolute atomic E-state index is 10.9. The van der Waals surface area contributed by atoms with Crippen molar-refractivity contribution < 1.29 is 65.1 Å². The average Bonchev–Trinajstić information content (AvgIpc) is 2.92. The van der Waals surface area contributed by atoms with Crippen molar-refractivity contribution >= 4 is 32.3 Å². The number of nitrogens with one attached hydrogen (secondary N) is 1. The second-order valence-corrected chi connectivity index (χ2v) is 13.8. The molecule has 7 N–H and O–H groups in total. The predicted octanol–water partition coefficient (Wildman–Crippen LogP) is -0.996. The molecule has 19 heteroatoms. The molecule has 260 valence electrons. The molecule has 0 radical (unpaired) electrons. The molecule has 0 bridgehead atoms. The third kappa shape index (κ3) is 31.5. The van der Waals surface area contributed by atoms with Crippen LogP contribution in [0.3, 0.4) is 0 Å². The summed E-state index contributed by atoms with van der Waals surface area (Å²) < 4.78 is 80.3. The van der Waals surface area contributed by atoms with E-state index in [-0.39, 0.29) is 64.1 Å². The molecule has 0 aromatic rings. The summed E-state index contributed by atoms with van der Waals surface area (Å²) in [6, 6.07) is 0. The van der Waals surface area contributed by atoms with Crippen LogP contribution in [0.15, 0.2) is 0 Å². The first-order valence-electron chi connectivity index (χ1n) is 14.4. The van der Waals surface area contributed by atoms with Gasteiger partial charge in [-0.2, -0.15) is 8.42 Å². The topological polar surface area (TPSA) is 242 Å². The van der Waals surface area contributed by atoms with E-state index < -0.39 is 56.3 Å². The summed E-state index contributed by atoms with van der Waals surface area (Å²) in [6.45, 7) is 2.87. The van der Waals surface area contributed by atoms with E-state index >= 15 is 0 Å². The molecule has 0 rings (SSSR count). The number of nitrogens with zero attached hydrogens (tertiary/aromatic N) is 1. The zero-order valence-corrected chi connectivity index (χ0v) is 27.2. The lowest BCUT2D eigenvalue weighted by Crippen LogP contribution is -2.41. The molecular weight excluding hydrogens is 636 g/mol. The van der Waals surface area contributed by atoms with E-state index in [2.05, 4.69) is 9.65 Å². The quantitative estimate of drug-likeness (QED) is 0.0147. The molecule has 0 aliphatic rings. The summed E-state index contributed by atoms with van der Waals surface area (Å²) >= 11 is -3.63. The third-order valence-electron chi connectivity index (χ3n) is 5.81. The summed E-state index contributed by atoms with van der Waals surface area (Å²) in [5, 5.41) is 42.1. The number of aliphatic hydroxyl groups is 3. The lowest BCUT2D eigenvalue weighted by atomic mass is 10.1. The fourth-order valence-electron chi connectivity index (χ4n) is 3.83. The Kier molecular flexibility index (Phi) is 27.9. The van der Waals surface area contributed by atoms with Crippen LogP contribution in [0.4, 0.5) is 0 Å². The second-order valence-electron chi connectivity index (χ2n) is 10.0. The van der Waals surface area contributed by atoms with Crippen LogP contribution in [0.5, 0.6) is 0 Å². The SMILES string of the molecule is O=S(O)CCCOCC(O)CN(CCCCCCNCC(O)COCCCS(=O)OO)CC(O)COCCCS(=O)(=O)O. The monoisotopic (exact) mass is 688 g/mol. The summed E-state index contributed by atoms with van der Waals surface area (Å²) in [6.07, 6.45) is 2.04. The van der Waals surface area contributed by atoms with Gasteiger partial charge in [0, 0.05) is 39.5 Å². The molecule has 0 aliphatic carbocycles. The molecule has 0 amide bonds. The van der Waals surface area contributed by atoms with Gasteiger partial charge in [-0.3, -0.25) is 9.45 Å². The highest BCUT2D eigenvalue weighted by Crippen LogP contribution is 2.05. The van der Waals surface area contributed by atoms with Gasteiger partial charge >= 0.3 is 0 Å². The number of hydrogen-bond donors (Lipinski definition) is 7. The van der Waals surface area contributed by atoms with E-state index in [9.17, 15) is 32.2 Å². The van der Waals surface area contributed by atoms with Crippen molar-refractivity contribution in [3.63, 3.8) is 0 Å². The standard InChI is InChI=1S/C24H52N2O14S3/c27-22(19-37-11-6-14-42(33)40-30)16-25-8-3-1-2-4-9-26(17-23(28)20-38-10-5-13-41(31)32)18-24(29)21-39-12-7-15-43(34,35)36/h22-25,27-30H,1-21H2,(H,31,32)(H,34,35,36). The Morgan fingerprint density at radius 2 is 1.28 bits per heavy atom. The maximum Gasteiger partial charge on any atom is 0.264 e. The largest absolute Gasteiger partial charge is 0.389 e. The zero-order chi connectivity index (χ0) is 32.3. The fourth-order valence-corrected chi connectivity index (χ4v) is 5.10. The van der Waals surface area contributed by atoms with E-state index in [4.69, 9.17) is 28.6 Å². The molecule has 0 spiro atoms. The van der Waals surface area contributed by atoms with Gasteiger partial charge in [-0.05, 0) is 45.2 Å². The molecule has 0 heterocycles. The molecule has 0 aromatic carbocycles. The van der Waals surface area contributed by atoms with E-state index in [1.54, 1.807) is 0 Å². The van der Waals surface area contributed by atoms with Gasteiger partial charge < -0.3 is 39.4 Å². The Balaban J connectivity index is 4.25. The number of hydrogen-bond acceptors (Lipinski definition) is 14. The smallest absolute Gasteiger partial charge is 0.264 e. The van der Waals surface area contributed by atoms with Crippen molar-refractivity contribution in [1.82, 2.24) is 10.2 Å². The number of rotatable bonds is 32. The van der Waals surface area contributed by atoms with E-state index in [0.29, 0.717) is 39.1 Å². The van der Waals surface area contributed by atoms with E-state index in [1.807, 2.05) is 4.90 Å². The van der Waals surface area contributed by atoms with Gasteiger partial charge in [-0.25, -0.2) is 13.7 Å². The van der Waals surface area contributed by atoms with Crippen LogP contribution < -0.4 is 5.32 Å². The summed E-state index contributed by atoms with van der Waals surface area (Å²) in [5.41, 5.74) is 0. The molecule has 5 atom stereocenters. The molecular formula is C24H52N2O14S3. The van der Waals surface area contributed by atoms with Crippen LogP contribution in [0, 0.1) is 0 Å². The molecule has 0 fully saturated rings. The van der Waals surface area contributed by atoms with Gasteiger partial charge in [-0.15, -0.1) is 4.33 Å². The molecule has 0 saturated carbocycles. The van der Waals surface area contributed by atoms with Crippen LogP contribution in [-0.2, 0) is 50.8 Å². The van der Waals surface area contributed by atoms with Crippen molar-refractivity contribution in [1.29, 1.82) is 0 Å². The van der Waals surface area contributed by atoms with Gasteiger partial charge in [0.05, 0.1) is 55.4 Å². The minimum Gasteiger partial charge on any atom is -0.389 e. The number of unbranched alkanes of at least 4 members (excludes halogenated alkanes) is 3. The lowest BCUT2D eigenvalue weighted by Gasteiger charge is -2.27. The molecule has 5 unspecified atom stereocenters. The highest BCUT2D eigenvalue weighted by molar-refractivity contribution is 7.85. The highest BCUT2D eigenvalue weighted by atomic mass is 32.2. The molecule has 0 aliphatic heterocycles. The second kappa shape index (κ2) is 28.0. The van der Waals surface area contributed by atoms with Crippen molar-refractivity contribution in [3.8, 4) is 0 Å². The van der Waals surface area contributed by atoms with Gasteiger partial charge in [0.15, 0.2) is 22.2 Å². The van der Waals surface area contributed by atoms with Gasteiger partial charge in [0.25, 0.3) is 10.1 Å². The summed E-state index contributed by atoms with van der Waals surface area (Å²) in [7, 11) is -4.06. The molecule has 16 nitrogen and oxygen atoms in total. The third-order valence-corrected chi connectivity index (χ3v) is 8.04. The Labute approximate surface area is 260 Å². The van der Waals surface area contributed by atoms with Crippen LogP contribution >= 0.6 is 0 Å². The van der Waals surface area contributed by atoms with E-state index in [1.165, 1.54) is 0 Å². The summed E-state index contributed by atoms with van der Waals surface area (Å²) in [4.78, 5) is 1.89. The normalized spacial score (nSPS) is 15.9. The van der Waals surface area contributed by atoms with Crippen LogP contribution in [0.2, 0.25) is 0 Å². The number of aliphatic hydroxyl groups excluding tert-OH is 3. The van der Waals surface area contributed by atoms with Crippen molar-refractivity contribution in [2.45, 2.75) is 63.3 Å². The highest BCUT2D eigenvalue weighted by Gasteiger charge is 2.16. The molecule has 43 heavy (non-hydrogen) atoms. The van der Waals surface area contributed by atoms with Crippen molar-refractivity contribution in [3.05, 3.63) is 0 Å². The van der Waals surface area contributed by atoms with Crippen LogP contribution in [0.25, 0.3) is 0 Å². The van der Waals surface area contributed by atoms with Gasteiger partial charge in [0.2, 0.25) is 0 Å². The first kappa shape index (κ1) is 42.8. The summed E-state index contributed by atoms with van der Waals surface area (Å²) in [5.74, 6) is -0.183. The van der Waals surface area contributed by atoms with Gasteiger partial charge in [-0.1, -0.05) is 12.8 Å². The van der Waals surface area contributed by atoms with Crippen molar-refractivity contribution in [2.75, 3.05) is 89.6 Å². The first-order valence-corrected chi connectivity index (χ1v) is 18.5. The predicted molar refractivity (Wildman–Crippen MR) is 161 cm³/mol. The minimum atomic E-state index is -4.06. The zero-order valence-electron chi connectivity index (χ0n) is 24.7. The van der Waals surface area contributed by atoms with Crippen LogP contribution in [0.1, 0.15) is 44.9 Å². The Bertz CT molecular complexity index is 812. The van der Waals surface area contributed by atoms with E-state index in [0.717, 1.165) is 25.7 Å². The average molecular weight is 689 g/mol. The Hall–Kier alpha value is -0.230. The number of ether oxygens (including phenoxy) is 3. The van der Waals surface area contributed by atoms with Gasteiger partial charge in [0.1, 0.15) is 0 Å². The molecule has 0 saturated heterocycles. The first-order chi connectivity index (χ1) is 20.4. The van der Waals surface area contributed by atoms with Crippen LogP contribution in [-0.4, -0.2) is 159 Å². The minimum absolute atomic E-state index is 0.0327. The lowest BCUT2D eigenvalue weighted by molar-refractivity contribution is -0.124. The fraction of sp³-hybridized carbons (Fsp3) is 1.00. The maximum atomic E-state index is 10.9. The Morgan fingerprint density at radius 3 is 1.84 bits per heavy atom. The molecule has 0 aromatic heterocycles.